The summed E-state index contributed by atoms with van der Waals surface area (Å²) >= 11 is 0. The minimum atomic E-state index is -0.746. The first-order chi connectivity index (χ1) is 8.99. The Bertz CT molecular complexity index is 320. The Labute approximate surface area is 115 Å². The Kier molecular flexibility index (Phi) is 6.12. The molecule has 0 spiro atoms. The summed E-state index contributed by atoms with van der Waals surface area (Å²) in [6.45, 7) is 6.64. The average molecular weight is 270 g/mol. The molecule has 1 aliphatic heterocycles. The normalized spacial score (nSPS) is 24.9. The van der Waals surface area contributed by atoms with E-state index in [1.54, 1.807) is 4.90 Å². The quantitative estimate of drug-likeness (QED) is 0.806. The van der Waals surface area contributed by atoms with Gasteiger partial charge < -0.3 is 15.3 Å². The molecule has 3 unspecified atom stereocenters. The highest BCUT2D eigenvalue weighted by Crippen LogP contribution is 2.23. The number of rotatable bonds is 5. The van der Waals surface area contributed by atoms with Gasteiger partial charge in [0.25, 0.3) is 0 Å². The lowest BCUT2D eigenvalue weighted by molar-refractivity contribution is -0.143. The largest absolute Gasteiger partial charge is 0.481 e. The van der Waals surface area contributed by atoms with E-state index in [0.29, 0.717) is 19.4 Å². The molecule has 3 atom stereocenters. The molecule has 1 fully saturated rings. The topological polar surface area (TPSA) is 69.6 Å². The second-order valence-corrected chi connectivity index (χ2v) is 5.45. The summed E-state index contributed by atoms with van der Waals surface area (Å²) in [4.78, 5) is 24.9. The third-order valence-corrected chi connectivity index (χ3v) is 3.94. The number of hydrogen-bond acceptors (Lipinski definition) is 2. The number of urea groups is 1. The van der Waals surface area contributed by atoms with Gasteiger partial charge in [-0.25, -0.2) is 4.79 Å². The molecule has 5 nitrogen and oxygen atoms in total. The molecule has 0 aliphatic carbocycles. The van der Waals surface area contributed by atoms with Gasteiger partial charge in [0.15, 0.2) is 0 Å². The smallest absolute Gasteiger partial charge is 0.317 e. The van der Waals surface area contributed by atoms with Gasteiger partial charge in [0.2, 0.25) is 0 Å². The molecule has 2 N–H and O–H groups in total. The number of piperidine rings is 1. The number of carboxylic acids is 1. The number of likely N-dealkylation sites (tertiary alicyclic amines) is 1. The summed E-state index contributed by atoms with van der Waals surface area (Å²) in [5.41, 5.74) is 0. The molecule has 19 heavy (non-hydrogen) atoms. The van der Waals surface area contributed by atoms with Crippen molar-refractivity contribution in [3.63, 3.8) is 0 Å². The van der Waals surface area contributed by atoms with E-state index in [1.807, 2.05) is 6.92 Å². The molecule has 1 saturated heterocycles. The van der Waals surface area contributed by atoms with Gasteiger partial charge in [-0.3, -0.25) is 4.79 Å². The second-order valence-electron chi connectivity index (χ2n) is 5.45. The molecule has 0 aromatic rings. The Balaban J connectivity index is 2.51. The zero-order valence-electron chi connectivity index (χ0n) is 12.2. The van der Waals surface area contributed by atoms with Crippen LogP contribution in [0.25, 0.3) is 0 Å². The van der Waals surface area contributed by atoms with E-state index in [0.717, 1.165) is 19.3 Å². The van der Waals surface area contributed by atoms with Crippen molar-refractivity contribution in [3.8, 4) is 0 Å². The number of carboxylic acid groups (broad SMARTS) is 1. The van der Waals surface area contributed by atoms with E-state index >= 15 is 0 Å². The highest BCUT2D eigenvalue weighted by atomic mass is 16.4. The van der Waals surface area contributed by atoms with Crippen molar-refractivity contribution in [2.24, 2.45) is 5.92 Å². The lowest BCUT2D eigenvalue weighted by atomic mass is 9.92. The van der Waals surface area contributed by atoms with E-state index < -0.39 is 5.97 Å². The summed E-state index contributed by atoms with van der Waals surface area (Å²) in [6, 6.07) is 0.174. The van der Waals surface area contributed by atoms with Gasteiger partial charge in [-0.1, -0.05) is 20.3 Å². The first-order valence-electron chi connectivity index (χ1n) is 7.29. The maximum Gasteiger partial charge on any atom is 0.317 e. The Morgan fingerprint density at radius 1 is 1.42 bits per heavy atom. The molecule has 0 bridgehead atoms. The van der Waals surface area contributed by atoms with Crippen molar-refractivity contribution in [1.29, 1.82) is 0 Å². The number of nitrogens with zero attached hydrogens (tertiary/aromatic N) is 1. The van der Waals surface area contributed by atoms with Crippen LogP contribution in [0.2, 0.25) is 0 Å². The molecule has 1 aliphatic rings. The molecule has 5 heteroatoms. The van der Waals surface area contributed by atoms with Crippen LogP contribution in [0, 0.1) is 5.92 Å². The third kappa shape index (κ3) is 4.40. The van der Waals surface area contributed by atoms with Gasteiger partial charge in [-0.05, 0) is 32.6 Å². The standard InChI is InChI=1S/C14H26N2O3/c1-4-6-12(5-2)15-14(19)16-8-7-11(13(17)18)9-10(16)3/h10-12H,4-9H2,1-3H3,(H,15,19)(H,17,18). The van der Waals surface area contributed by atoms with E-state index in [9.17, 15) is 9.59 Å². The SMILES string of the molecule is CCCC(CC)NC(=O)N1CCC(C(=O)O)CC1C. The van der Waals surface area contributed by atoms with Crippen LogP contribution in [0.3, 0.4) is 0 Å². The van der Waals surface area contributed by atoms with E-state index in [-0.39, 0.29) is 24.0 Å². The fourth-order valence-electron chi connectivity index (χ4n) is 2.68. The number of hydrogen-bond donors (Lipinski definition) is 2. The van der Waals surface area contributed by atoms with Crippen LogP contribution in [0.15, 0.2) is 0 Å². The first-order valence-corrected chi connectivity index (χ1v) is 7.29. The van der Waals surface area contributed by atoms with Crippen LogP contribution >= 0.6 is 0 Å². The van der Waals surface area contributed by atoms with E-state index in [2.05, 4.69) is 19.2 Å². The van der Waals surface area contributed by atoms with Crippen molar-refractivity contribution >= 4 is 12.0 Å². The number of nitrogens with one attached hydrogen (secondary N) is 1. The van der Waals surface area contributed by atoms with Crippen LogP contribution in [0.1, 0.15) is 52.9 Å². The molecule has 0 radical (unpaired) electrons. The maximum absolute atomic E-state index is 12.2. The molecule has 110 valence electrons. The molecular formula is C14H26N2O3. The summed E-state index contributed by atoms with van der Waals surface area (Å²) < 4.78 is 0. The van der Waals surface area contributed by atoms with Gasteiger partial charge in [0.05, 0.1) is 5.92 Å². The molecule has 1 rings (SSSR count). The minimum Gasteiger partial charge on any atom is -0.481 e. The summed E-state index contributed by atoms with van der Waals surface area (Å²) in [6.07, 6.45) is 4.07. The van der Waals surface area contributed by atoms with E-state index in [1.165, 1.54) is 0 Å². The van der Waals surface area contributed by atoms with Crippen molar-refractivity contribution in [2.45, 2.75) is 65.0 Å². The van der Waals surface area contributed by atoms with Crippen molar-refractivity contribution in [2.75, 3.05) is 6.54 Å². The zero-order chi connectivity index (χ0) is 14.4. The zero-order valence-corrected chi connectivity index (χ0v) is 12.2. The third-order valence-electron chi connectivity index (χ3n) is 3.94. The molecule has 0 saturated carbocycles. The number of carbonyl (C=O) groups excluding carboxylic acids is 1. The predicted molar refractivity (Wildman–Crippen MR) is 74.0 cm³/mol. The second kappa shape index (κ2) is 7.36. The molecule has 1 heterocycles. The fraction of sp³-hybridized carbons (Fsp3) is 0.857. The summed E-state index contributed by atoms with van der Waals surface area (Å²) in [7, 11) is 0. The molecule has 0 aromatic carbocycles. The van der Waals surface area contributed by atoms with Crippen molar-refractivity contribution in [3.05, 3.63) is 0 Å². The van der Waals surface area contributed by atoms with Crippen LogP contribution in [-0.2, 0) is 4.79 Å². The Morgan fingerprint density at radius 3 is 2.58 bits per heavy atom. The molecule has 0 aromatic heterocycles. The maximum atomic E-state index is 12.2. The van der Waals surface area contributed by atoms with Gasteiger partial charge in [0, 0.05) is 18.6 Å². The van der Waals surface area contributed by atoms with Crippen LogP contribution in [0.4, 0.5) is 4.79 Å². The summed E-state index contributed by atoms with van der Waals surface area (Å²) in [5, 5.41) is 12.1. The number of amides is 2. The van der Waals surface area contributed by atoms with E-state index in [4.69, 9.17) is 5.11 Å². The van der Waals surface area contributed by atoms with Gasteiger partial charge in [-0.15, -0.1) is 0 Å². The lowest BCUT2D eigenvalue weighted by Gasteiger charge is -2.37. The van der Waals surface area contributed by atoms with Crippen molar-refractivity contribution in [1.82, 2.24) is 10.2 Å². The van der Waals surface area contributed by atoms with Gasteiger partial charge in [0.1, 0.15) is 0 Å². The van der Waals surface area contributed by atoms with Crippen LogP contribution in [0.5, 0.6) is 0 Å². The number of carbonyl (C=O) groups is 2. The van der Waals surface area contributed by atoms with Crippen molar-refractivity contribution < 1.29 is 14.7 Å². The predicted octanol–water partition coefficient (Wildman–Crippen LogP) is 2.46. The molecule has 2 amide bonds. The average Bonchev–Trinajstić information content (AvgIpc) is 2.37. The van der Waals surface area contributed by atoms with Crippen LogP contribution in [-0.4, -0.2) is 40.6 Å². The summed E-state index contributed by atoms with van der Waals surface area (Å²) in [5.74, 6) is -1.05. The lowest BCUT2D eigenvalue weighted by Crippen LogP contribution is -2.52. The first kappa shape index (κ1) is 15.8. The number of aliphatic carboxylic acids is 1. The highest BCUT2D eigenvalue weighted by molar-refractivity contribution is 5.76. The Hall–Kier alpha value is -1.26. The minimum absolute atomic E-state index is 0.00557. The highest BCUT2D eigenvalue weighted by Gasteiger charge is 2.32. The monoisotopic (exact) mass is 270 g/mol. The fourth-order valence-corrected chi connectivity index (χ4v) is 2.68. The van der Waals surface area contributed by atoms with Gasteiger partial charge in [-0.2, -0.15) is 0 Å². The van der Waals surface area contributed by atoms with Gasteiger partial charge >= 0.3 is 12.0 Å². The molecular weight excluding hydrogens is 244 g/mol. The van der Waals surface area contributed by atoms with Crippen LogP contribution < -0.4 is 5.32 Å². The Morgan fingerprint density at radius 2 is 2.11 bits per heavy atom.